The van der Waals surface area contributed by atoms with Crippen LogP contribution in [0.2, 0.25) is 0 Å². The molecule has 1 aromatic carbocycles. The number of fused-ring (bicyclic) bond motifs is 3. The normalized spacial score (nSPS) is 11.5. The number of anilines is 1. The molecule has 10 heteroatoms. The maximum atomic E-state index is 5.93. The van der Waals surface area contributed by atoms with Crippen molar-refractivity contribution in [2.24, 2.45) is 7.05 Å². The van der Waals surface area contributed by atoms with Gasteiger partial charge < -0.3 is 14.3 Å². The zero-order valence-electron chi connectivity index (χ0n) is 13.9. The van der Waals surface area contributed by atoms with Crippen LogP contribution in [0.3, 0.4) is 0 Å². The summed E-state index contributed by atoms with van der Waals surface area (Å²) >= 11 is 0. The topological polar surface area (TPSA) is 123 Å². The maximum absolute atomic E-state index is 5.93. The molecule has 0 saturated heterocycles. The standard InChI is InChI=1S/C16H13N9O/c1-17-14-10-12(25(2)7-18-10)11-16(20-14)26-15(19-11)9-5-3-4-8(6-9)13-21-23-24-22-13/h3-7H,1-2H3,(H,17,20)(H,21,22,23,24). The highest BCUT2D eigenvalue weighted by molar-refractivity contribution is 6.03. The molecule has 5 rings (SSSR count). The Morgan fingerprint density at radius 1 is 1.15 bits per heavy atom. The van der Waals surface area contributed by atoms with Gasteiger partial charge in [-0.25, -0.2) is 9.97 Å². The molecule has 0 unspecified atom stereocenters. The van der Waals surface area contributed by atoms with Gasteiger partial charge in [0.25, 0.3) is 5.71 Å². The SMILES string of the molecule is CNc1nc2oc(-c3cccc(-c4nn[nH]n4)c3)nc2c2c1ncn2C. The third-order valence-corrected chi connectivity index (χ3v) is 4.16. The van der Waals surface area contributed by atoms with Gasteiger partial charge in [-0.15, -0.1) is 10.2 Å². The minimum atomic E-state index is 0.449. The van der Waals surface area contributed by atoms with Crippen LogP contribution >= 0.6 is 0 Å². The lowest BCUT2D eigenvalue weighted by Crippen LogP contribution is -1.95. The van der Waals surface area contributed by atoms with Gasteiger partial charge >= 0.3 is 0 Å². The van der Waals surface area contributed by atoms with Gasteiger partial charge in [-0.3, -0.25) is 0 Å². The van der Waals surface area contributed by atoms with Crippen LogP contribution in [0.5, 0.6) is 0 Å². The number of aryl methyl sites for hydroxylation is 1. The van der Waals surface area contributed by atoms with Crippen molar-refractivity contribution in [1.82, 2.24) is 40.1 Å². The fraction of sp³-hybridized carbons (Fsp3) is 0.125. The minimum Gasteiger partial charge on any atom is -0.418 e. The number of oxazole rings is 1. The van der Waals surface area contributed by atoms with E-state index in [9.17, 15) is 0 Å². The number of rotatable bonds is 3. The first-order chi connectivity index (χ1) is 12.7. The molecule has 0 atom stereocenters. The van der Waals surface area contributed by atoms with E-state index in [0.717, 1.165) is 22.2 Å². The molecule has 0 aliphatic carbocycles. The van der Waals surface area contributed by atoms with Crippen molar-refractivity contribution < 1.29 is 4.42 Å². The summed E-state index contributed by atoms with van der Waals surface area (Å²) in [6, 6.07) is 7.60. The summed E-state index contributed by atoms with van der Waals surface area (Å²) < 4.78 is 7.84. The number of pyridine rings is 1. The van der Waals surface area contributed by atoms with E-state index >= 15 is 0 Å². The van der Waals surface area contributed by atoms with Crippen molar-refractivity contribution >= 4 is 28.1 Å². The Kier molecular flexibility index (Phi) is 2.98. The molecule has 0 fully saturated rings. The van der Waals surface area contributed by atoms with E-state index in [4.69, 9.17) is 4.42 Å². The Morgan fingerprint density at radius 3 is 2.85 bits per heavy atom. The summed E-state index contributed by atoms with van der Waals surface area (Å²) in [4.78, 5) is 13.6. The van der Waals surface area contributed by atoms with Crippen LogP contribution in [0.4, 0.5) is 5.82 Å². The lowest BCUT2D eigenvalue weighted by Gasteiger charge is -2.00. The molecular weight excluding hydrogens is 334 g/mol. The number of imidazole rings is 1. The van der Waals surface area contributed by atoms with E-state index in [1.807, 2.05) is 35.9 Å². The summed E-state index contributed by atoms with van der Waals surface area (Å²) in [6.07, 6.45) is 1.73. The van der Waals surface area contributed by atoms with Crippen LogP contribution in [0.25, 0.3) is 45.1 Å². The van der Waals surface area contributed by atoms with Gasteiger partial charge in [0.2, 0.25) is 11.7 Å². The second-order valence-electron chi connectivity index (χ2n) is 5.75. The van der Waals surface area contributed by atoms with Gasteiger partial charge in [0, 0.05) is 25.2 Å². The fourth-order valence-electron chi connectivity index (χ4n) is 2.95. The molecule has 10 nitrogen and oxygen atoms in total. The second kappa shape index (κ2) is 5.34. The zero-order chi connectivity index (χ0) is 17.7. The van der Waals surface area contributed by atoms with Crippen molar-refractivity contribution in [1.29, 1.82) is 0 Å². The predicted octanol–water partition coefficient (Wildman–Crippen LogP) is 2.00. The van der Waals surface area contributed by atoms with Crippen molar-refractivity contribution in [2.75, 3.05) is 12.4 Å². The summed E-state index contributed by atoms with van der Waals surface area (Å²) in [5.74, 6) is 1.62. The Labute approximate surface area is 146 Å². The van der Waals surface area contributed by atoms with Crippen LogP contribution < -0.4 is 5.32 Å². The predicted molar refractivity (Wildman–Crippen MR) is 94.2 cm³/mol. The quantitative estimate of drug-likeness (QED) is 0.508. The van der Waals surface area contributed by atoms with Crippen LogP contribution in [0, 0.1) is 0 Å². The average Bonchev–Trinajstić information content (AvgIpc) is 3.40. The van der Waals surface area contributed by atoms with E-state index < -0.39 is 0 Å². The number of benzene rings is 1. The third kappa shape index (κ3) is 2.05. The molecule has 0 amide bonds. The Bertz CT molecular complexity index is 1240. The second-order valence-corrected chi connectivity index (χ2v) is 5.75. The molecule has 0 saturated carbocycles. The van der Waals surface area contributed by atoms with Gasteiger partial charge in [-0.2, -0.15) is 10.2 Å². The molecule has 2 N–H and O–H groups in total. The lowest BCUT2D eigenvalue weighted by atomic mass is 10.1. The minimum absolute atomic E-state index is 0.449. The van der Waals surface area contributed by atoms with Crippen molar-refractivity contribution in [3.63, 3.8) is 0 Å². The first-order valence-electron chi connectivity index (χ1n) is 7.88. The number of aromatic nitrogens is 8. The molecule has 5 aromatic rings. The van der Waals surface area contributed by atoms with Gasteiger partial charge in [0.1, 0.15) is 11.0 Å². The molecule has 0 aliphatic heterocycles. The van der Waals surface area contributed by atoms with Crippen LogP contribution in [-0.2, 0) is 7.05 Å². The lowest BCUT2D eigenvalue weighted by molar-refractivity contribution is 0.608. The number of aromatic amines is 1. The molecular formula is C16H13N9O. The smallest absolute Gasteiger partial charge is 0.251 e. The number of nitrogens with zero attached hydrogens (tertiary/aromatic N) is 7. The van der Waals surface area contributed by atoms with E-state index in [-0.39, 0.29) is 0 Å². The summed E-state index contributed by atoms with van der Waals surface area (Å²) in [7, 11) is 3.72. The van der Waals surface area contributed by atoms with Gasteiger partial charge in [0.05, 0.1) is 6.33 Å². The molecule has 4 aromatic heterocycles. The van der Waals surface area contributed by atoms with Crippen molar-refractivity contribution in [3.05, 3.63) is 30.6 Å². The molecule has 26 heavy (non-hydrogen) atoms. The van der Waals surface area contributed by atoms with Crippen LogP contribution in [-0.4, -0.2) is 47.2 Å². The molecule has 0 aliphatic rings. The number of hydrogen-bond donors (Lipinski definition) is 2. The Morgan fingerprint density at radius 2 is 2.04 bits per heavy atom. The number of hydrogen-bond acceptors (Lipinski definition) is 8. The first-order valence-corrected chi connectivity index (χ1v) is 7.88. The number of tetrazole rings is 1. The number of nitrogens with one attached hydrogen (secondary N) is 2. The molecule has 4 heterocycles. The highest BCUT2D eigenvalue weighted by Crippen LogP contribution is 2.32. The molecule has 128 valence electrons. The summed E-state index contributed by atoms with van der Waals surface area (Å²) in [6.45, 7) is 0. The Hall–Kier alpha value is -3.82. The van der Waals surface area contributed by atoms with E-state index in [1.54, 1.807) is 13.4 Å². The monoisotopic (exact) mass is 347 g/mol. The first kappa shape index (κ1) is 14.5. The number of H-pyrrole nitrogens is 1. The highest BCUT2D eigenvalue weighted by atomic mass is 16.4. The fourth-order valence-corrected chi connectivity index (χ4v) is 2.95. The largest absolute Gasteiger partial charge is 0.418 e. The highest BCUT2D eigenvalue weighted by Gasteiger charge is 2.18. The van der Waals surface area contributed by atoms with Crippen LogP contribution in [0.15, 0.2) is 35.0 Å². The van der Waals surface area contributed by atoms with E-state index in [2.05, 4.69) is 40.9 Å². The third-order valence-electron chi connectivity index (χ3n) is 4.16. The van der Waals surface area contributed by atoms with Gasteiger partial charge in [-0.05, 0) is 17.3 Å². The molecule has 0 spiro atoms. The van der Waals surface area contributed by atoms with Gasteiger partial charge in [-0.1, -0.05) is 12.1 Å². The molecule has 0 radical (unpaired) electrons. The van der Waals surface area contributed by atoms with Crippen molar-refractivity contribution in [3.8, 4) is 22.8 Å². The summed E-state index contributed by atoms with van der Waals surface area (Å²) in [5.41, 5.74) is 4.34. The van der Waals surface area contributed by atoms with Crippen LogP contribution in [0.1, 0.15) is 0 Å². The maximum Gasteiger partial charge on any atom is 0.251 e. The van der Waals surface area contributed by atoms with E-state index in [1.165, 1.54) is 0 Å². The van der Waals surface area contributed by atoms with Gasteiger partial charge in [0.15, 0.2) is 11.3 Å². The van der Waals surface area contributed by atoms with Crippen molar-refractivity contribution in [2.45, 2.75) is 0 Å². The van der Waals surface area contributed by atoms with E-state index in [0.29, 0.717) is 28.8 Å². The zero-order valence-corrected chi connectivity index (χ0v) is 13.9. The Balaban J connectivity index is 1.72. The average molecular weight is 347 g/mol. The summed E-state index contributed by atoms with van der Waals surface area (Å²) in [5, 5.41) is 17.1. The molecule has 0 bridgehead atoms.